The van der Waals surface area contributed by atoms with Gasteiger partial charge in [0.2, 0.25) is 0 Å². The highest BCUT2D eigenvalue weighted by Gasteiger charge is 2.33. The molecule has 4 heteroatoms. The molecule has 0 radical (unpaired) electrons. The largest absolute Gasteiger partial charge is 0.480 e. The Kier molecular flexibility index (Phi) is 3.78. The molecule has 0 spiro atoms. The van der Waals surface area contributed by atoms with Crippen LogP contribution in [0.25, 0.3) is 0 Å². The second-order valence-corrected chi connectivity index (χ2v) is 2.17. The van der Waals surface area contributed by atoms with E-state index < -0.39 is 18.1 Å². The minimum absolute atomic E-state index is 0.471. The molecule has 0 rings (SSSR count). The molecule has 1 atom stereocenters. The molecule has 0 fully saturated rings. The number of aliphatic carboxylic acids is 1. The number of aliphatic hydroxyl groups excluding tert-OH is 1. The molecule has 0 amide bonds. The maximum Gasteiger partial charge on any atom is 0.330 e. The van der Waals surface area contributed by atoms with Gasteiger partial charge in [-0.3, -0.25) is 5.32 Å². The Labute approximate surface area is 65.5 Å². The third kappa shape index (κ3) is 2.03. The molecule has 0 saturated carbocycles. The summed E-state index contributed by atoms with van der Waals surface area (Å²) < 4.78 is 0. The van der Waals surface area contributed by atoms with Gasteiger partial charge in [-0.1, -0.05) is 13.0 Å². The van der Waals surface area contributed by atoms with Crippen molar-refractivity contribution >= 4 is 5.97 Å². The van der Waals surface area contributed by atoms with Gasteiger partial charge in [-0.25, -0.2) is 4.79 Å². The maximum absolute atomic E-state index is 10.6. The summed E-state index contributed by atoms with van der Waals surface area (Å²) in [6.07, 6.45) is 1.19. The summed E-state index contributed by atoms with van der Waals surface area (Å²) in [6.45, 7) is 5.09. The number of carboxylic acids is 1. The van der Waals surface area contributed by atoms with Crippen LogP contribution in [0.4, 0.5) is 0 Å². The van der Waals surface area contributed by atoms with E-state index in [2.05, 4.69) is 11.9 Å². The zero-order chi connectivity index (χ0) is 8.91. The molecule has 0 saturated heterocycles. The van der Waals surface area contributed by atoms with E-state index in [1.54, 1.807) is 6.92 Å². The first-order valence-corrected chi connectivity index (χ1v) is 3.36. The van der Waals surface area contributed by atoms with Gasteiger partial charge in [0.05, 0.1) is 6.61 Å². The van der Waals surface area contributed by atoms with E-state index in [4.69, 9.17) is 10.2 Å². The number of likely N-dealkylation sites (N-methyl/N-ethyl adjacent to an activating group) is 1. The summed E-state index contributed by atoms with van der Waals surface area (Å²) in [5, 5.41) is 20.1. The maximum atomic E-state index is 10.6. The highest BCUT2D eigenvalue weighted by atomic mass is 16.4. The number of aliphatic hydroxyl groups is 1. The van der Waals surface area contributed by atoms with Crippen LogP contribution in [-0.4, -0.2) is 34.9 Å². The Balaban J connectivity index is 4.45. The van der Waals surface area contributed by atoms with E-state index >= 15 is 0 Å². The molecule has 0 aromatic rings. The van der Waals surface area contributed by atoms with E-state index in [1.165, 1.54) is 6.08 Å². The standard InChI is InChI=1S/C7H13NO3/c1-3-7(5-9,6(10)11)8-4-2/h3,8-9H,1,4-5H2,2H3,(H,10,11). The van der Waals surface area contributed by atoms with Crippen LogP contribution in [0.3, 0.4) is 0 Å². The van der Waals surface area contributed by atoms with Gasteiger partial charge in [0.1, 0.15) is 0 Å². The van der Waals surface area contributed by atoms with Crippen molar-refractivity contribution in [3.63, 3.8) is 0 Å². The van der Waals surface area contributed by atoms with Crippen LogP contribution in [-0.2, 0) is 4.79 Å². The summed E-state index contributed by atoms with van der Waals surface area (Å²) in [4.78, 5) is 10.6. The molecule has 0 aliphatic heterocycles. The van der Waals surface area contributed by atoms with Crippen molar-refractivity contribution in [3.05, 3.63) is 12.7 Å². The Morgan fingerprint density at radius 1 is 1.82 bits per heavy atom. The van der Waals surface area contributed by atoms with Crippen LogP contribution in [0.1, 0.15) is 6.92 Å². The predicted molar refractivity (Wildman–Crippen MR) is 41.3 cm³/mol. The Morgan fingerprint density at radius 2 is 2.36 bits per heavy atom. The normalized spacial score (nSPS) is 15.5. The third-order valence-corrected chi connectivity index (χ3v) is 1.47. The zero-order valence-corrected chi connectivity index (χ0v) is 6.50. The number of carboxylic acid groups (broad SMARTS) is 1. The van der Waals surface area contributed by atoms with Crippen molar-refractivity contribution in [2.75, 3.05) is 13.2 Å². The van der Waals surface area contributed by atoms with Gasteiger partial charge in [0.15, 0.2) is 5.54 Å². The highest BCUT2D eigenvalue weighted by molar-refractivity contribution is 5.81. The third-order valence-electron chi connectivity index (χ3n) is 1.47. The average molecular weight is 159 g/mol. The van der Waals surface area contributed by atoms with E-state index in [-0.39, 0.29) is 0 Å². The van der Waals surface area contributed by atoms with Gasteiger partial charge >= 0.3 is 5.97 Å². The molecule has 64 valence electrons. The molecular formula is C7H13NO3. The van der Waals surface area contributed by atoms with Crippen LogP contribution >= 0.6 is 0 Å². The van der Waals surface area contributed by atoms with Gasteiger partial charge in [-0.05, 0) is 6.54 Å². The molecule has 0 aliphatic carbocycles. The lowest BCUT2D eigenvalue weighted by atomic mass is 10.0. The number of carbonyl (C=O) groups is 1. The lowest BCUT2D eigenvalue weighted by Crippen LogP contribution is -2.53. The van der Waals surface area contributed by atoms with Crippen molar-refractivity contribution in [3.8, 4) is 0 Å². The van der Waals surface area contributed by atoms with Crippen molar-refractivity contribution in [2.45, 2.75) is 12.5 Å². The first-order valence-electron chi connectivity index (χ1n) is 3.36. The molecular weight excluding hydrogens is 146 g/mol. The van der Waals surface area contributed by atoms with Crippen LogP contribution in [0.2, 0.25) is 0 Å². The summed E-state index contributed by atoms with van der Waals surface area (Å²) in [6, 6.07) is 0. The second kappa shape index (κ2) is 4.10. The van der Waals surface area contributed by atoms with Gasteiger partial charge in [0.25, 0.3) is 0 Å². The molecule has 0 heterocycles. The van der Waals surface area contributed by atoms with E-state index in [0.717, 1.165) is 0 Å². The van der Waals surface area contributed by atoms with Crippen LogP contribution < -0.4 is 5.32 Å². The fraction of sp³-hybridized carbons (Fsp3) is 0.571. The van der Waals surface area contributed by atoms with Crippen molar-refractivity contribution in [2.24, 2.45) is 0 Å². The first-order chi connectivity index (χ1) is 5.13. The first kappa shape index (κ1) is 10.1. The second-order valence-electron chi connectivity index (χ2n) is 2.17. The number of hydrogen-bond donors (Lipinski definition) is 3. The van der Waals surface area contributed by atoms with Gasteiger partial charge < -0.3 is 10.2 Å². The smallest absolute Gasteiger partial charge is 0.330 e. The lowest BCUT2D eigenvalue weighted by Gasteiger charge is -2.23. The monoisotopic (exact) mass is 159 g/mol. The number of nitrogens with one attached hydrogen (secondary N) is 1. The van der Waals surface area contributed by atoms with Crippen LogP contribution in [0.5, 0.6) is 0 Å². The van der Waals surface area contributed by atoms with Crippen molar-refractivity contribution < 1.29 is 15.0 Å². The molecule has 11 heavy (non-hydrogen) atoms. The Morgan fingerprint density at radius 3 is 2.45 bits per heavy atom. The summed E-state index contributed by atoms with van der Waals surface area (Å²) in [5.74, 6) is -1.11. The minimum atomic E-state index is -1.38. The van der Waals surface area contributed by atoms with Crippen LogP contribution in [0, 0.1) is 0 Å². The van der Waals surface area contributed by atoms with Crippen LogP contribution in [0.15, 0.2) is 12.7 Å². The fourth-order valence-corrected chi connectivity index (χ4v) is 0.739. The quantitative estimate of drug-likeness (QED) is 0.477. The zero-order valence-electron chi connectivity index (χ0n) is 6.50. The van der Waals surface area contributed by atoms with Crippen molar-refractivity contribution in [1.29, 1.82) is 0 Å². The van der Waals surface area contributed by atoms with E-state index in [1.807, 2.05) is 0 Å². The summed E-state index contributed by atoms with van der Waals surface area (Å²) >= 11 is 0. The molecule has 0 bridgehead atoms. The van der Waals surface area contributed by atoms with Gasteiger partial charge in [-0.15, -0.1) is 6.58 Å². The molecule has 4 nitrogen and oxygen atoms in total. The Bertz CT molecular complexity index is 158. The van der Waals surface area contributed by atoms with E-state index in [0.29, 0.717) is 6.54 Å². The minimum Gasteiger partial charge on any atom is -0.480 e. The van der Waals surface area contributed by atoms with Gasteiger partial charge in [0, 0.05) is 0 Å². The molecule has 0 aromatic carbocycles. The number of rotatable bonds is 5. The molecule has 0 aromatic heterocycles. The highest BCUT2D eigenvalue weighted by Crippen LogP contribution is 2.04. The topological polar surface area (TPSA) is 69.6 Å². The predicted octanol–water partition coefficient (Wildman–Crippen LogP) is -0.402. The molecule has 3 N–H and O–H groups in total. The lowest BCUT2D eigenvalue weighted by molar-refractivity contribution is -0.144. The molecule has 1 unspecified atom stereocenters. The van der Waals surface area contributed by atoms with E-state index in [9.17, 15) is 4.79 Å². The summed E-state index contributed by atoms with van der Waals surface area (Å²) in [5.41, 5.74) is -1.38. The Hall–Kier alpha value is -0.870. The molecule has 0 aliphatic rings. The summed E-state index contributed by atoms with van der Waals surface area (Å²) in [7, 11) is 0. The SMILES string of the molecule is C=CC(CO)(NCC)C(=O)O. The van der Waals surface area contributed by atoms with Gasteiger partial charge in [-0.2, -0.15) is 0 Å². The average Bonchev–Trinajstić information content (AvgIpc) is 2.00. The fourth-order valence-electron chi connectivity index (χ4n) is 0.739. The van der Waals surface area contributed by atoms with Crippen molar-refractivity contribution in [1.82, 2.24) is 5.32 Å². The number of hydrogen-bond acceptors (Lipinski definition) is 3.